The number of carbonyl (C=O) groups is 1. The third kappa shape index (κ3) is 4.43. The third-order valence-corrected chi connectivity index (χ3v) is 3.13. The number of alkyl halides is 3. The second kappa shape index (κ2) is 5.82. The lowest BCUT2D eigenvalue weighted by molar-refractivity contribution is -0.137. The number of ether oxygens (including phenoxy) is 2. The molecule has 1 aliphatic rings. The molecule has 8 heteroatoms. The number of anilines is 1. The largest absolute Gasteiger partial charge is 0.485 e. The first-order valence-electron chi connectivity index (χ1n) is 7.07. The minimum Gasteiger partial charge on any atom is -0.485 e. The van der Waals surface area contributed by atoms with Crippen LogP contribution in [0.1, 0.15) is 26.3 Å². The van der Waals surface area contributed by atoms with Gasteiger partial charge in [0.15, 0.2) is 0 Å². The summed E-state index contributed by atoms with van der Waals surface area (Å²) in [6.07, 6.45) is -5.35. The van der Waals surface area contributed by atoms with E-state index in [-0.39, 0.29) is 24.5 Å². The molecule has 1 aromatic carbocycles. The maximum atomic E-state index is 12.7. The van der Waals surface area contributed by atoms with Gasteiger partial charge in [0.2, 0.25) is 0 Å². The van der Waals surface area contributed by atoms with E-state index in [1.807, 2.05) is 0 Å². The van der Waals surface area contributed by atoms with E-state index in [4.69, 9.17) is 15.2 Å². The highest BCUT2D eigenvalue weighted by molar-refractivity contribution is 5.69. The summed E-state index contributed by atoms with van der Waals surface area (Å²) in [6, 6.07) is 2.92. The molecule has 5 nitrogen and oxygen atoms in total. The van der Waals surface area contributed by atoms with Crippen molar-refractivity contribution < 1.29 is 27.4 Å². The number of carbonyl (C=O) groups excluding carboxylic acids is 1. The van der Waals surface area contributed by atoms with E-state index in [1.54, 1.807) is 20.8 Å². The maximum Gasteiger partial charge on any atom is 0.416 e. The molecule has 23 heavy (non-hydrogen) atoms. The van der Waals surface area contributed by atoms with Gasteiger partial charge in [0.1, 0.15) is 17.5 Å². The predicted octanol–water partition coefficient (Wildman–Crippen LogP) is 3.29. The Bertz CT molecular complexity index is 591. The van der Waals surface area contributed by atoms with Crippen molar-refractivity contribution in [2.45, 2.75) is 38.7 Å². The van der Waals surface area contributed by atoms with Gasteiger partial charge < -0.3 is 20.1 Å². The van der Waals surface area contributed by atoms with E-state index in [2.05, 4.69) is 0 Å². The van der Waals surface area contributed by atoms with Gasteiger partial charge in [-0.3, -0.25) is 0 Å². The highest BCUT2D eigenvalue weighted by atomic mass is 19.4. The van der Waals surface area contributed by atoms with Gasteiger partial charge in [-0.2, -0.15) is 13.2 Å². The van der Waals surface area contributed by atoms with Crippen LogP contribution in [-0.2, 0) is 10.9 Å². The molecule has 2 rings (SSSR count). The molecule has 0 aromatic heterocycles. The summed E-state index contributed by atoms with van der Waals surface area (Å²) in [7, 11) is 0. The number of halogens is 3. The number of nitrogens with zero attached hydrogens (tertiary/aromatic N) is 1. The SMILES string of the molecule is CC(C)(C)OC(=O)N1CC(Oc2cc(C(F)(F)F)ccc2N)C1. The zero-order valence-electron chi connectivity index (χ0n) is 13.1. The number of hydrogen-bond donors (Lipinski definition) is 1. The lowest BCUT2D eigenvalue weighted by Crippen LogP contribution is -2.57. The molecule has 1 fully saturated rings. The molecule has 1 aromatic rings. The lowest BCUT2D eigenvalue weighted by Gasteiger charge is -2.39. The molecule has 0 unspecified atom stereocenters. The van der Waals surface area contributed by atoms with Crippen LogP contribution in [0.15, 0.2) is 18.2 Å². The van der Waals surface area contributed by atoms with Crippen molar-refractivity contribution in [2.75, 3.05) is 18.8 Å². The van der Waals surface area contributed by atoms with Crippen LogP contribution in [0.2, 0.25) is 0 Å². The number of nitrogen functional groups attached to an aromatic ring is 1. The minimum atomic E-state index is -4.46. The fourth-order valence-corrected chi connectivity index (χ4v) is 1.98. The van der Waals surface area contributed by atoms with Crippen molar-refractivity contribution in [3.8, 4) is 5.75 Å². The summed E-state index contributed by atoms with van der Waals surface area (Å²) in [5.41, 5.74) is 4.33. The molecule has 128 valence electrons. The quantitative estimate of drug-likeness (QED) is 0.844. The van der Waals surface area contributed by atoms with Crippen LogP contribution in [-0.4, -0.2) is 35.8 Å². The van der Waals surface area contributed by atoms with Crippen LogP contribution in [0.5, 0.6) is 5.75 Å². The van der Waals surface area contributed by atoms with E-state index in [0.717, 1.165) is 18.2 Å². The fraction of sp³-hybridized carbons (Fsp3) is 0.533. The van der Waals surface area contributed by atoms with Crippen LogP contribution in [0.4, 0.5) is 23.7 Å². The molecule has 0 saturated carbocycles. The molecule has 1 amide bonds. The molecule has 1 aliphatic heterocycles. The second-order valence-corrected chi connectivity index (χ2v) is 6.38. The smallest absolute Gasteiger partial charge is 0.416 e. The van der Waals surface area contributed by atoms with Gasteiger partial charge in [0.05, 0.1) is 24.3 Å². The highest BCUT2D eigenvalue weighted by Crippen LogP contribution is 2.35. The van der Waals surface area contributed by atoms with Crippen molar-refractivity contribution in [3.63, 3.8) is 0 Å². The first-order valence-corrected chi connectivity index (χ1v) is 7.07. The molecule has 2 N–H and O–H groups in total. The van der Waals surface area contributed by atoms with Gasteiger partial charge in [-0.15, -0.1) is 0 Å². The fourth-order valence-electron chi connectivity index (χ4n) is 1.98. The zero-order valence-corrected chi connectivity index (χ0v) is 13.1. The van der Waals surface area contributed by atoms with E-state index in [9.17, 15) is 18.0 Å². The molecule has 0 atom stereocenters. The maximum absolute atomic E-state index is 12.7. The summed E-state index contributed by atoms with van der Waals surface area (Å²) >= 11 is 0. The Kier molecular flexibility index (Phi) is 4.37. The number of hydrogen-bond acceptors (Lipinski definition) is 4. The number of likely N-dealkylation sites (tertiary alicyclic amines) is 1. The molecule has 1 heterocycles. The summed E-state index contributed by atoms with van der Waals surface area (Å²) in [6.45, 7) is 5.74. The summed E-state index contributed by atoms with van der Waals surface area (Å²) in [4.78, 5) is 13.2. The molecule has 1 saturated heterocycles. The van der Waals surface area contributed by atoms with E-state index in [1.165, 1.54) is 4.90 Å². The van der Waals surface area contributed by atoms with Crippen LogP contribution in [0, 0.1) is 0 Å². The first kappa shape index (κ1) is 17.2. The molecule has 0 spiro atoms. The van der Waals surface area contributed by atoms with Crippen molar-refractivity contribution >= 4 is 11.8 Å². The number of nitrogens with two attached hydrogens (primary N) is 1. The van der Waals surface area contributed by atoms with Gasteiger partial charge in [-0.25, -0.2) is 4.79 Å². The average Bonchev–Trinajstić information content (AvgIpc) is 2.31. The van der Waals surface area contributed by atoms with Crippen LogP contribution in [0.3, 0.4) is 0 Å². The van der Waals surface area contributed by atoms with Crippen molar-refractivity contribution in [2.24, 2.45) is 0 Å². The Morgan fingerprint density at radius 3 is 2.39 bits per heavy atom. The second-order valence-electron chi connectivity index (χ2n) is 6.38. The van der Waals surface area contributed by atoms with Crippen LogP contribution >= 0.6 is 0 Å². The Hall–Kier alpha value is -2.12. The standard InChI is InChI=1S/C15H19F3N2O3/c1-14(2,3)23-13(21)20-7-10(8-20)22-12-6-9(15(16,17)18)4-5-11(12)19/h4-6,10H,7-8,19H2,1-3H3. The number of amides is 1. The molecular formula is C15H19F3N2O3. The van der Waals surface area contributed by atoms with Crippen LogP contribution < -0.4 is 10.5 Å². The van der Waals surface area contributed by atoms with Crippen molar-refractivity contribution in [3.05, 3.63) is 23.8 Å². The lowest BCUT2D eigenvalue weighted by atomic mass is 10.1. The first-order chi connectivity index (χ1) is 10.5. The summed E-state index contributed by atoms with van der Waals surface area (Å²) < 4.78 is 48.7. The van der Waals surface area contributed by atoms with E-state index in [0.29, 0.717) is 0 Å². The Balaban J connectivity index is 1.94. The summed E-state index contributed by atoms with van der Waals surface area (Å²) in [5, 5.41) is 0. The Labute approximate surface area is 132 Å². The average molecular weight is 332 g/mol. The molecule has 0 radical (unpaired) electrons. The van der Waals surface area contributed by atoms with Crippen molar-refractivity contribution in [1.82, 2.24) is 4.90 Å². The molecular weight excluding hydrogens is 313 g/mol. The van der Waals surface area contributed by atoms with Crippen molar-refractivity contribution in [1.29, 1.82) is 0 Å². The summed E-state index contributed by atoms with van der Waals surface area (Å²) in [5.74, 6) is -0.0336. The number of benzene rings is 1. The van der Waals surface area contributed by atoms with Gasteiger partial charge in [0, 0.05) is 0 Å². The van der Waals surface area contributed by atoms with Gasteiger partial charge in [0.25, 0.3) is 0 Å². The molecule has 0 aliphatic carbocycles. The van der Waals surface area contributed by atoms with E-state index >= 15 is 0 Å². The van der Waals surface area contributed by atoms with Gasteiger partial charge in [-0.05, 0) is 39.0 Å². The molecule has 0 bridgehead atoms. The Morgan fingerprint density at radius 2 is 1.87 bits per heavy atom. The van der Waals surface area contributed by atoms with E-state index < -0.39 is 29.5 Å². The number of rotatable bonds is 2. The normalized spacial score (nSPS) is 16.0. The van der Waals surface area contributed by atoms with Gasteiger partial charge in [-0.1, -0.05) is 0 Å². The zero-order chi connectivity index (χ0) is 17.4. The Morgan fingerprint density at radius 1 is 1.26 bits per heavy atom. The monoisotopic (exact) mass is 332 g/mol. The van der Waals surface area contributed by atoms with Gasteiger partial charge >= 0.3 is 12.3 Å². The predicted molar refractivity (Wildman–Crippen MR) is 78.1 cm³/mol. The highest BCUT2D eigenvalue weighted by Gasteiger charge is 2.36. The third-order valence-electron chi connectivity index (χ3n) is 3.13. The van der Waals surface area contributed by atoms with Crippen LogP contribution in [0.25, 0.3) is 0 Å². The minimum absolute atomic E-state index is 0.0336. The topological polar surface area (TPSA) is 64.8 Å².